The van der Waals surface area contributed by atoms with Gasteiger partial charge in [-0.05, 0) is 57.2 Å². The van der Waals surface area contributed by atoms with Crippen LogP contribution in [-0.2, 0) is 9.84 Å². The number of carbonyl (C=O) groups is 1. The molecule has 0 aromatic carbocycles. The summed E-state index contributed by atoms with van der Waals surface area (Å²) in [6.45, 7) is 0. The molecule has 0 saturated heterocycles. The standard InChI is InChI=1S/C12H14Br2O3S2/c1-19(16,17)8-4-2-3-7(5-8)11(15)10-6-9(13)12(14)18-10/h6-8H,2-5H2,1H3. The van der Waals surface area contributed by atoms with Crippen molar-refractivity contribution < 1.29 is 13.2 Å². The molecular formula is C12H14Br2O3S2. The molecule has 0 spiro atoms. The minimum absolute atomic E-state index is 0.0738. The summed E-state index contributed by atoms with van der Waals surface area (Å²) in [5.74, 6) is -0.0873. The Morgan fingerprint density at radius 2 is 2.05 bits per heavy atom. The highest BCUT2D eigenvalue weighted by atomic mass is 79.9. The first-order chi connectivity index (χ1) is 8.79. The van der Waals surface area contributed by atoms with Crippen molar-refractivity contribution in [3.63, 3.8) is 0 Å². The summed E-state index contributed by atoms with van der Waals surface area (Å²) in [6.07, 6.45) is 4.01. The second kappa shape index (κ2) is 5.95. The van der Waals surface area contributed by atoms with Gasteiger partial charge < -0.3 is 0 Å². The molecule has 2 atom stereocenters. The van der Waals surface area contributed by atoms with Gasteiger partial charge in [-0.15, -0.1) is 11.3 Å². The fourth-order valence-corrected chi connectivity index (χ4v) is 5.67. The van der Waals surface area contributed by atoms with Gasteiger partial charge in [0, 0.05) is 16.6 Å². The van der Waals surface area contributed by atoms with E-state index >= 15 is 0 Å². The van der Waals surface area contributed by atoms with E-state index in [9.17, 15) is 13.2 Å². The minimum Gasteiger partial charge on any atom is -0.293 e. The average Bonchev–Trinajstić information content (AvgIpc) is 2.68. The SMILES string of the molecule is CS(=O)(=O)C1CCCC(C(=O)c2cc(Br)c(Br)s2)C1. The van der Waals surface area contributed by atoms with Crippen LogP contribution in [0.15, 0.2) is 14.3 Å². The first kappa shape index (κ1) is 15.7. The molecule has 1 aliphatic rings. The van der Waals surface area contributed by atoms with Crippen LogP contribution in [0, 0.1) is 5.92 Å². The second-order valence-electron chi connectivity index (χ2n) is 4.91. The fourth-order valence-electron chi connectivity index (χ4n) is 2.44. The summed E-state index contributed by atoms with van der Waals surface area (Å²) in [4.78, 5) is 13.1. The highest BCUT2D eigenvalue weighted by Gasteiger charge is 2.33. The molecule has 0 aliphatic heterocycles. The molecule has 1 saturated carbocycles. The lowest BCUT2D eigenvalue weighted by atomic mass is 9.85. The molecule has 19 heavy (non-hydrogen) atoms. The van der Waals surface area contributed by atoms with Gasteiger partial charge >= 0.3 is 0 Å². The lowest BCUT2D eigenvalue weighted by molar-refractivity contribution is 0.0895. The van der Waals surface area contributed by atoms with Crippen LogP contribution >= 0.6 is 43.2 Å². The Labute approximate surface area is 134 Å². The lowest BCUT2D eigenvalue weighted by Crippen LogP contribution is -2.30. The summed E-state index contributed by atoms with van der Waals surface area (Å²) >= 11 is 8.14. The van der Waals surface area contributed by atoms with Crippen LogP contribution in [0.4, 0.5) is 0 Å². The number of ketones is 1. The maximum Gasteiger partial charge on any atom is 0.175 e. The quantitative estimate of drug-likeness (QED) is 0.680. The molecule has 0 bridgehead atoms. The van der Waals surface area contributed by atoms with Crippen molar-refractivity contribution in [3.8, 4) is 0 Å². The number of carbonyl (C=O) groups excluding carboxylic acids is 1. The van der Waals surface area contributed by atoms with Gasteiger partial charge in [0.25, 0.3) is 0 Å². The van der Waals surface area contributed by atoms with E-state index in [1.165, 1.54) is 17.6 Å². The molecular weight excluding hydrogens is 416 g/mol. The molecule has 1 aromatic rings. The van der Waals surface area contributed by atoms with Crippen molar-refractivity contribution in [1.82, 2.24) is 0 Å². The first-order valence-electron chi connectivity index (χ1n) is 5.97. The van der Waals surface area contributed by atoms with Gasteiger partial charge in [0.1, 0.15) is 9.84 Å². The summed E-state index contributed by atoms with van der Waals surface area (Å²) in [7, 11) is -3.04. The van der Waals surface area contributed by atoms with Crippen LogP contribution in [-0.4, -0.2) is 25.7 Å². The Balaban J connectivity index is 2.15. The number of Topliss-reactive ketones (excluding diaryl/α,β-unsaturated/α-hetero) is 1. The molecule has 0 amide bonds. The van der Waals surface area contributed by atoms with Gasteiger partial charge in [-0.25, -0.2) is 8.42 Å². The molecule has 2 rings (SSSR count). The van der Waals surface area contributed by atoms with E-state index in [0.29, 0.717) is 17.7 Å². The van der Waals surface area contributed by atoms with Gasteiger partial charge in [0.05, 0.1) is 13.9 Å². The minimum atomic E-state index is -3.04. The van der Waals surface area contributed by atoms with Gasteiger partial charge in [0.2, 0.25) is 0 Å². The maximum atomic E-state index is 12.4. The zero-order chi connectivity index (χ0) is 14.2. The van der Waals surface area contributed by atoms with Crippen molar-refractivity contribution in [1.29, 1.82) is 0 Å². The van der Waals surface area contributed by atoms with E-state index in [2.05, 4.69) is 31.9 Å². The van der Waals surface area contributed by atoms with E-state index < -0.39 is 9.84 Å². The summed E-state index contributed by atoms with van der Waals surface area (Å²) in [5, 5.41) is -0.359. The van der Waals surface area contributed by atoms with Crippen LogP contribution in [0.2, 0.25) is 0 Å². The number of hydrogen-bond acceptors (Lipinski definition) is 4. The van der Waals surface area contributed by atoms with E-state index in [1.54, 1.807) is 6.07 Å². The third-order valence-corrected chi connectivity index (χ3v) is 8.40. The van der Waals surface area contributed by atoms with E-state index in [4.69, 9.17) is 0 Å². The van der Waals surface area contributed by atoms with Crippen molar-refractivity contribution in [3.05, 3.63) is 19.2 Å². The normalized spacial score (nSPS) is 24.4. The number of sulfone groups is 1. The van der Waals surface area contributed by atoms with Crippen molar-refractivity contribution >= 4 is 58.8 Å². The zero-order valence-corrected chi connectivity index (χ0v) is 15.2. The molecule has 1 heterocycles. The van der Waals surface area contributed by atoms with Crippen LogP contribution in [0.5, 0.6) is 0 Å². The monoisotopic (exact) mass is 428 g/mol. The molecule has 0 N–H and O–H groups in total. The highest BCUT2D eigenvalue weighted by Crippen LogP contribution is 2.37. The maximum absolute atomic E-state index is 12.4. The van der Waals surface area contributed by atoms with Crippen molar-refractivity contribution in [2.45, 2.75) is 30.9 Å². The second-order valence-corrected chi connectivity index (χ2v) is 10.5. The molecule has 3 nitrogen and oxygen atoms in total. The summed E-state index contributed by atoms with van der Waals surface area (Å²) in [5.41, 5.74) is 0. The predicted molar refractivity (Wildman–Crippen MR) is 84.6 cm³/mol. The number of thiophene rings is 1. The number of rotatable bonds is 3. The third kappa shape index (κ3) is 3.68. The Morgan fingerprint density at radius 1 is 1.37 bits per heavy atom. The van der Waals surface area contributed by atoms with Crippen molar-refractivity contribution in [2.24, 2.45) is 5.92 Å². The molecule has 1 aromatic heterocycles. The highest BCUT2D eigenvalue weighted by molar-refractivity contribution is 9.13. The topological polar surface area (TPSA) is 51.2 Å². The van der Waals surface area contributed by atoms with Gasteiger partial charge in [-0.3, -0.25) is 4.79 Å². The van der Waals surface area contributed by atoms with E-state index in [-0.39, 0.29) is 17.0 Å². The molecule has 1 fully saturated rings. The molecule has 2 unspecified atom stereocenters. The molecule has 0 radical (unpaired) electrons. The van der Waals surface area contributed by atoms with E-state index in [1.807, 2.05) is 0 Å². The van der Waals surface area contributed by atoms with Crippen LogP contribution in [0.1, 0.15) is 35.4 Å². The average molecular weight is 430 g/mol. The largest absolute Gasteiger partial charge is 0.293 e. The third-order valence-electron chi connectivity index (χ3n) is 3.49. The number of halogens is 2. The van der Waals surface area contributed by atoms with Crippen molar-refractivity contribution in [2.75, 3.05) is 6.26 Å². The smallest absolute Gasteiger partial charge is 0.175 e. The predicted octanol–water partition coefficient (Wildman–Crippen LogP) is 4.06. The van der Waals surface area contributed by atoms with Crippen LogP contribution in [0.3, 0.4) is 0 Å². The number of hydrogen-bond donors (Lipinski definition) is 0. The first-order valence-corrected chi connectivity index (χ1v) is 10.3. The summed E-state index contributed by atoms with van der Waals surface area (Å²) in [6, 6.07) is 1.81. The molecule has 1 aliphatic carbocycles. The van der Waals surface area contributed by atoms with E-state index in [0.717, 1.165) is 21.1 Å². The summed E-state index contributed by atoms with van der Waals surface area (Å²) < 4.78 is 25.0. The lowest BCUT2D eigenvalue weighted by Gasteiger charge is -2.26. The van der Waals surface area contributed by atoms with Gasteiger partial charge in [0.15, 0.2) is 5.78 Å². The van der Waals surface area contributed by atoms with Crippen LogP contribution < -0.4 is 0 Å². The Hall–Kier alpha value is 0.280. The molecule has 7 heteroatoms. The molecule has 106 valence electrons. The Morgan fingerprint density at radius 3 is 2.58 bits per heavy atom. The van der Waals surface area contributed by atoms with Gasteiger partial charge in [-0.1, -0.05) is 6.42 Å². The Kier molecular flexibility index (Phi) is 4.91. The Bertz CT molecular complexity index is 573. The van der Waals surface area contributed by atoms with Crippen LogP contribution in [0.25, 0.3) is 0 Å². The fraction of sp³-hybridized carbons (Fsp3) is 0.583. The zero-order valence-electron chi connectivity index (χ0n) is 10.4. The van der Waals surface area contributed by atoms with Gasteiger partial charge in [-0.2, -0.15) is 0 Å².